The fourth-order valence-electron chi connectivity index (χ4n) is 0.938. The highest BCUT2D eigenvalue weighted by molar-refractivity contribution is 6.11. The summed E-state index contributed by atoms with van der Waals surface area (Å²) in [5.41, 5.74) is 13.6. The lowest BCUT2D eigenvalue weighted by Gasteiger charge is -1.95. The Labute approximate surface area is 77.4 Å². The molecule has 1 aromatic rings. The predicted octanol–water partition coefficient (Wildman–Crippen LogP) is -2.29. The Morgan fingerprint density at radius 1 is 1.00 bits per heavy atom. The molecule has 1 rings (SSSR count). The Morgan fingerprint density at radius 3 is 1.93 bits per heavy atom. The van der Waals surface area contributed by atoms with Gasteiger partial charge in [0.1, 0.15) is 11.3 Å². The van der Waals surface area contributed by atoms with E-state index in [0.29, 0.717) is 0 Å². The SMILES string of the molecule is NC(=O)c1n[nH]c(C(N)=O)c1C(N)=O. The summed E-state index contributed by atoms with van der Waals surface area (Å²) in [4.78, 5) is 32.4. The Morgan fingerprint density at radius 2 is 1.57 bits per heavy atom. The summed E-state index contributed by atoms with van der Waals surface area (Å²) < 4.78 is 0. The van der Waals surface area contributed by atoms with E-state index in [4.69, 9.17) is 17.2 Å². The topological polar surface area (TPSA) is 158 Å². The lowest BCUT2D eigenvalue weighted by Crippen LogP contribution is -2.23. The first-order chi connectivity index (χ1) is 6.45. The molecule has 0 aliphatic carbocycles. The smallest absolute Gasteiger partial charge is 0.270 e. The van der Waals surface area contributed by atoms with Crippen LogP contribution < -0.4 is 17.2 Å². The van der Waals surface area contributed by atoms with Crippen molar-refractivity contribution < 1.29 is 14.4 Å². The number of hydrogen-bond acceptors (Lipinski definition) is 4. The molecule has 0 spiro atoms. The summed E-state index contributed by atoms with van der Waals surface area (Å²) >= 11 is 0. The first-order valence-corrected chi connectivity index (χ1v) is 3.43. The van der Waals surface area contributed by atoms with Crippen molar-refractivity contribution in [1.82, 2.24) is 10.2 Å². The molecular weight excluding hydrogens is 190 g/mol. The van der Waals surface area contributed by atoms with Crippen molar-refractivity contribution in [3.05, 3.63) is 17.0 Å². The minimum atomic E-state index is -0.999. The van der Waals surface area contributed by atoms with Gasteiger partial charge in [0.25, 0.3) is 17.7 Å². The van der Waals surface area contributed by atoms with Gasteiger partial charge >= 0.3 is 0 Å². The highest BCUT2D eigenvalue weighted by Gasteiger charge is 2.24. The standard InChI is InChI=1S/C6H7N5O3/c7-4(12)1-2(5(8)13)10-11-3(1)6(9)14/h(H2,7,12)(H2,8,13)(H2,9,14)(H,10,11). The number of nitrogens with zero attached hydrogens (tertiary/aromatic N) is 1. The van der Waals surface area contributed by atoms with Crippen molar-refractivity contribution in [2.75, 3.05) is 0 Å². The van der Waals surface area contributed by atoms with Crippen molar-refractivity contribution in [2.45, 2.75) is 0 Å². The van der Waals surface area contributed by atoms with Crippen molar-refractivity contribution in [3.63, 3.8) is 0 Å². The zero-order valence-corrected chi connectivity index (χ0v) is 6.90. The van der Waals surface area contributed by atoms with E-state index in [-0.39, 0.29) is 11.3 Å². The molecule has 0 saturated heterocycles. The van der Waals surface area contributed by atoms with Crippen LogP contribution in [0.1, 0.15) is 31.3 Å². The van der Waals surface area contributed by atoms with Crippen molar-refractivity contribution in [3.8, 4) is 0 Å². The van der Waals surface area contributed by atoms with Crippen LogP contribution in [-0.2, 0) is 0 Å². The first kappa shape index (κ1) is 9.71. The maximum Gasteiger partial charge on any atom is 0.270 e. The van der Waals surface area contributed by atoms with E-state index in [0.717, 1.165) is 0 Å². The summed E-state index contributed by atoms with van der Waals surface area (Å²) in [6, 6.07) is 0. The Kier molecular flexibility index (Phi) is 2.19. The van der Waals surface area contributed by atoms with Crippen LogP contribution in [0, 0.1) is 0 Å². The predicted molar refractivity (Wildman–Crippen MR) is 44.1 cm³/mol. The Hall–Kier alpha value is -2.38. The van der Waals surface area contributed by atoms with E-state index >= 15 is 0 Å². The third-order valence-electron chi connectivity index (χ3n) is 1.49. The molecule has 0 fully saturated rings. The van der Waals surface area contributed by atoms with Crippen LogP contribution in [0.2, 0.25) is 0 Å². The van der Waals surface area contributed by atoms with E-state index in [1.165, 1.54) is 0 Å². The molecule has 0 aliphatic rings. The number of aromatic amines is 1. The molecule has 0 atom stereocenters. The second-order valence-electron chi connectivity index (χ2n) is 2.41. The minimum absolute atomic E-state index is 0.327. The number of carbonyl (C=O) groups is 3. The Balaban J connectivity index is 3.42. The molecule has 0 radical (unpaired) electrons. The zero-order valence-electron chi connectivity index (χ0n) is 6.90. The molecule has 8 heteroatoms. The molecule has 1 aromatic heterocycles. The van der Waals surface area contributed by atoms with Crippen molar-refractivity contribution in [1.29, 1.82) is 0 Å². The van der Waals surface area contributed by atoms with Gasteiger partial charge in [0.05, 0.1) is 0 Å². The summed E-state index contributed by atoms with van der Waals surface area (Å²) in [5, 5.41) is 5.47. The highest BCUT2D eigenvalue weighted by atomic mass is 16.2. The second-order valence-corrected chi connectivity index (χ2v) is 2.41. The zero-order chi connectivity index (χ0) is 10.9. The monoisotopic (exact) mass is 197 g/mol. The van der Waals surface area contributed by atoms with Crippen LogP contribution in [0.25, 0.3) is 0 Å². The number of H-pyrrole nitrogens is 1. The summed E-state index contributed by atoms with van der Waals surface area (Å²) in [6.07, 6.45) is 0. The van der Waals surface area contributed by atoms with Crippen LogP contribution in [0.5, 0.6) is 0 Å². The number of nitrogens with one attached hydrogen (secondary N) is 1. The maximum absolute atomic E-state index is 10.9. The van der Waals surface area contributed by atoms with Crippen LogP contribution >= 0.6 is 0 Å². The van der Waals surface area contributed by atoms with Gasteiger partial charge in [0.15, 0.2) is 5.69 Å². The third kappa shape index (κ3) is 1.40. The fraction of sp³-hybridized carbons (Fsp3) is 0. The van der Waals surface area contributed by atoms with Crippen LogP contribution in [0.15, 0.2) is 0 Å². The van der Waals surface area contributed by atoms with Crippen LogP contribution in [0.4, 0.5) is 0 Å². The number of primary amides is 3. The van der Waals surface area contributed by atoms with E-state index in [1.807, 2.05) is 0 Å². The Bertz CT molecular complexity index is 390. The largest absolute Gasteiger partial charge is 0.365 e. The molecular formula is C6H7N5O3. The molecule has 8 nitrogen and oxygen atoms in total. The molecule has 0 aliphatic heterocycles. The number of aromatic nitrogens is 2. The molecule has 0 unspecified atom stereocenters. The first-order valence-electron chi connectivity index (χ1n) is 3.43. The van der Waals surface area contributed by atoms with Gasteiger partial charge < -0.3 is 17.2 Å². The lowest BCUT2D eigenvalue weighted by molar-refractivity contribution is 0.0954. The average Bonchev–Trinajstić information content (AvgIpc) is 2.46. The van der Waals surface area contributed by atoms with E-state index in [9.17, 15) is 14.4 Å². The molecule has 7 N–H and O–H groups in total. The molecule has 3 amide bonds. The molecule has 1 heterocycles. The normalized spacial score (nSPS) is 9.71. The van der Waals surface area contributed by atoms with Gasteiger partial charge in [0.2, 0.25) is 0 Å². The second kappa shape index (κ2) is 3.17. The van der Waals surface area contributed by atoms with Gasteiger partial charge in [-0.15, -0.1) is 0 Å². The average molecular weight is 197 g/mol. The van der Waals surface area contributed by atoms with E-state index in [1.54, 1.807) is 0 Å². The number of hydrogen-bond donors (Lipinski definition) is 4. The van der Waals surface area contributed by atoms with Gasteiger partial charge in [-0.3, -0.25) is 19.5 Å². The quantitative estimate of drug-likeness (QED) is 0.429. The molecule has 0 bridgehead atoms. The van der Waals surface area contributed by atoms with Crippen LogP contribution in [-0.4, -0.2) is 27.9 Å². The van der Waals surface area contributed by atoms with E-state index in [2.05, 4.69) is 10.2 Å². The van der Waals surface area contributed by atoms with Gasteiger partial charge in [-0.1, -0.05) is 0 Å². The summed E-state index contributed by atoms with van der Waals surface area (Å²) in [7, 11) is 0. The van der Waals surface area contributed by atoms with Crippen molar-refractivity contribution in [2.24, 2.45) is 17.2 Å². The maximum atomic E-state index is 10.9. The molecule has 0 aromatic carbocycles. The van der Waals surface area contributed by atoms with Crippen molar-refractivity contribution >= 4 is 17.7 Å². The summed E-state index contributed by atoms with van der Waals surface area (Å²) in [5.74, 6) is -2.91. The fourth-order valence-corrected chi connectivity index (χ4v) is 0.938. The third-order valence-corrected chi connectivity index (χ3v) is 1.49. The summed E-state index contributed by atoms with van der Waals surface area (Å²) in [6.45, 7) is 0. The van der Waals surface area contributed by atoms with E-state index < -0.39 is 23.4 Å². The number of nitrogens with two attached hydrogens (primary N) is 3. The van der Waals surface area contributed by atoms with Gasteiger partial charge in [-0.25, -0.2) is 0 Å². The van der Waals surface area contributed by atoms with Gasteiger partial charge in [0, 0.05) is 0 Å². The molecule has 14 heavy (non-hydrogen) atoms. The number of carbonyl (C=O) groups excluding carboxylic acids is 3. The number of amides is 3. The van der Waals surface area contributed by atoms with Gasteiger partial charge in [-0.05, 0) is 0 Å². The minimum Gasteiger partial charge on any atom is -0.365 e. The van der Waals surface area contributed by atoms with Gasteiger partial charge in [-0.2, -0.15) is 5.10 Å². The number of rotatable bonds is 3. The lowest BCUT2D eigenvalue weighted by atomic mass is 10.1. The highest BCUT2D eigenvalue weighted by Crippen LogP contribution is 2.09. The molecule has 0 saturated carbocycles. The molecule has 74 valence electrons. The van der Waals surface area contributed by atoms with Crippen LogP contribution in [0.3, 0.4) is 0 Å².